The summed E-state index contributed by atoms with van der Waals surface area (Å²) in [6, 6.07) is 43.1. The van der Waals surface area contributed by atoms with Crippen LogP contribution in [0.5, 0.6) is 28.7 Å². The fraction of sp³-hybridized carbons (Fsp3) is 0.283. The molecule has 6 nitrogen and oxygen atoms in total. The van der Waals surface area contributed by atoms with Crippen LogP contribution in [0.3, 0.4) is 0 Å². The number of carbonyl (C=O) groups excluding carboxylic acids is 1. The summed E-state index contributed by atoms with van der Waals surface area (Å²) in [5, 5.41) is 0. The van der Waals surface area contributed by atoms with Gasteiger partial charge in [0.1, 0.15) is 39.8 Å². The van der Waals surface area contributed by atoms with E-state index in [4.69, 9.17) is 46.9 Å². The first-order chi connectivity index (χ1) is 25.9. The molecular weight excluding hydrogens is 719 g/mol. The lowest BCUT2D eigenvalue weighted by Gasteiger charge is -2.25. The Morgan fingerprint density at radius 3 is 1.72 bits per heavy atom. The highest BCUT2D eigenvalue weighted by atomic mass is 35.5. The highest BCUT2D eigenvalue weighted by Crippen LogP contribution is 2.60. The minimum absolute atomic E-state index is 0.00717. The van der Waals surface area contributed by atoms with Gasteiger partial charge >= 0.3 is 5.97 Å². The summed E-state index contributed by atoms with van der Waals surface area (Å²) in [6.45, 7) is 12.4. The Hall–Kier alpha value is -4.75. The summed E-state index contributed by atoms with van der Waals surface area (Å²) >= 11 is 11.5. The first-order valence-corrected chi connectivity index (χ1v) is 18.8. The van der Waals surface area contributed by atoms with Crippen molar-refractivity contribution in [2.24, 2.45) is 17.3 Å². The molecule has 1 fully saturated rings. The molecule has 54 heavy (non-hydrogen) atoms. The van der Waals surface area contributed by atoms with Gasteiger partial charge in [0, 0.05) is 5.41 Å². The normalized spacial score (nSPS) is 15.5. The van der Waals surface area contributed by atoms with Crippen molar-refractivity contribution in [1.29, 1.82) is 0 Å². The van der Waals surface area contributed by atoms with Gasteiger partial charge in [0.15, 0.2) is 0 Å². The molecule has 0 aliphatic heterocycles. The van der Waals surface area contributed by atoms with Crippen molar-refractivity contribution in [2.75, 3.05) is 13.2 Å². The first-order valence-electron chi connectivity index (χ1n) is 18.1. The van der Waals surface area contributed by atoms with E-state index in [1.54, 1.807) is 6.08 Å². The van der Waals surface area contributed by atoms with Gasteiger partial charge in [-0.25, -0.2) is 0 Å². The van der Waals surface area contributed by atoms with Gasteiger partial charge in [-0.15, -0.1) is 0 Å². The van der Waals surface area contributed by atoms with Crippen LogP contribution in [0.4, 0.5) is 0 Å². The molecule has 2 atom stereocenters. The first kappa shape index (κ1) is 40.4. The highest BCUT2D eigenvalue weighted by molar-refractivity contribution is 6.55. The third-order valence-electron chi connectivity index (χ3n) is 9.28. The van der Waals surface area contributed by atoms with Gasteiger partial charge in [-0.2, -0.15) is 0 Å². The van der Waals surface area contributed by atoms with Gasteiger partial charge in [-0.05, 0) is 102 Å². The Morgan fingerprint density at radius 1 is 0.685 bits per heavy atom. The molecule has 2 unspecified atom stereocenters. The summed E-state index contributed by atoms with van der Waals surface area (Å²) < 4.78 is 28.9. The van der Waals surface area contributed by atoms with Gasteiger partial charge in [-0.1, -0.05) is 124 Å². The Kier molecular flexibility index (Phi) is 14.2. The van der Waals surface area contributed by atoms with Crippen molar-refractivity contribution in [3.8, 4) is 28.7 Å². The molecule has 0 spiro atoms. The van der Waals surface area contributed by atoms with Crippen LogP contribution in [-0.4, -0.2) is 19.2 Å². The minimum atomic E-state index is -0.236. The molecule has 6 rings (SSSR count). The number of esters is 1. The summed E-state index contributed by atoms with van der Waals surface area (Å²) in [4.78, 5) is 12.4. The van der Waals surface area contributed by atoms with E-state index < -0.39 is 0 Å². The predicted molar refractivity (Wildman–Crippen MR) is 217 cm³/mol. The zero-order valence-corrected chi connectivity index (χ0v) is 33.0. The van der Waals surface area contributed by atoms with E-state index in [2.05, 4.69) is 32.0 Å². The number of allylic oxidation sites excluding steroid dienone is 1. The largest absolute Gasteiger partial charge is 0.494 e. The molecule has 5 aromatic rings. The molecule has 0 heterocycles. The zero-order chi connectivity index (χ0) is 38.6. The van der Waals surface area contributed by atoms with Crippen LogP contribution in [0.25, 0.3) is 0 Å². The smallest absolute Gasteiger partial charge is 0.310 e. The lowest BCUT2D eigenvalue weighted by Crippen LogP contribution is -2.24. The van der Waals surface area contributed by atoms with Gasteiger partial charge < -0.3 is 23.7 Å². The molecule has 5 aromatic carbocycles. The van der Waals surface area contributed by atoms with Gasteiger partial charge in [0.05, 0.1) is 25.7 Å². The Balaban J connectivity index is 0.000000208. The average Bonchev–Trinajstić information content (AvgIpc) is 3.70. The maximum Gasteiger partial charge on any atom is 0.310 e. The lowest BCUT2D eigenvalue weighted by molar-refractivity contribution is -0.147. The molecule has 1 saturated carbocycles. The van der Waals surface area contributed by atoms with Gasteiger partial charge in [0.2, 0.25) is 0 Å². The van der Waals surface area contributed by atoms with Gasteiger partial charge in [-0.3, -0.25) is 4.79 Å². The molecular formula is C46H48Cl2O6. The van der Waals surface area contributed by atoms with Crippen molar-refractivity contribution < 1.29 is 28.5 Å². The van der Waals surface area contributed by atoms with E-state index in [0.717, 1.165) is 34.1 Å². The van der Waals surface area contributed by atoms with Crippen LogP contribution in [0.1, 0.15) is 51.3 Å². The fourth-order valence-electron chi connectivity index (χ4n) is 6.14. The van der Waals surface area contributed by atoms with E-state index in [9.17, 15) is 4.79 Å². The van der Waals surface area contributed by atoms with E-state index in [0.29, 0.717) is 25.6 Å². The monoisotopic (exact) mass is 766 g/mol. The summed E-state index contributed by atoms with van der Waals surface area (Å²) in [6.07, 6.45) is 1.71. The van der Waals surface area contributed by atoms with E-state index in [1.165, 1.54) is 5.56 Å². The second-order valence-corrected chi connectivity index (χ2v) is 15.4. The Bertz CT molecular complexity index is 1950. The molecule has 282 valence electrons. The third-order valence-corrected chi connectivity index (χ3v) is 9.54. The van der Waals surface area contributed by atoms with Crippen LogP contribution in [0.2, 0.25) is 0 Å². The lowest BCUT2D eigenvalue weighted by atomic mass is 9.85. The summed E-state index contributed by atoms with van der Waals surface area (Å²) in [7, 11) is 0. The molecule has 0 saturated heterocycles. The van der Waals surface area contributed by atoms with Gasteiger partial charge in [0.25, 0.3) is 0 Å². The van der Waals surface area contributed by atoms with Crippen molar-refractivity contribution >= 4 is 29.2 Å². The van der Waals surface area contributed by atoms with Crippen molar-refractivity contribution in [2.45, 2.75) is 53.2 Å². The molecule has 0 N–H and O–H groups in total. The standard InChI is InChI=1S/C25H28O3.C21H20Cl2O3/c1-4-27-22-15-13-21(14-16-22)25(2,3)19-26-18-20-9-8-12-24(17-20)28-23-10-6-5-7-11-23;1-21(2)17(12-18(22)23)19(21)20(24)25-13-14-7-6-10-16(11-14)26-15-8-4-3-5-9-15/h5-17H,4,18-19H2,1-3H3;3-12,17,19H,13H2,1-2H3. The quantitative estimate of drug-likeness (QED) is 0.0989. The average molecular weight is 768 g/mol. The molecule has 1 aliphatic rings. The SMILES string of the molecule is CC1(C)C(C=C(Cl)Cl)C1C(=O)OCc1cccc(Oc2ccccc2)c1.CCOc1ccc(C(C)(C)COCc2cccc(Oc3ccccc3)c2)cc1. The number of para-hydroxylation sites is 2. The number of rotatable bonds is 15. The summed E-state index contributed by atoms with van der Waals surface area (Å²) in [5.41, 5.74) is 2.92. The van der Waals surface area contributed by atoms with Crippen molar-refractivity contribution in [1.82, 2.24) is 0 Å². The molecule has 0 radical (unpaired) electrons. The fourth-order valence-corrected chi connectivity index (χ4v) is 6.41. The topological polar surface area (TPSA) is 63.2 Å². The number of ether oxygens (including phenoxy) is 5. The number of carbonyl (C=O) groups is 1. The molecule has 0 aromatic heterocycles. The Labute approximate surface area is 329 Å². The van der Waals surface area contributed by atoms with Crippen LogP contribution in [0, 0.1) is 17.3 Å². The van der Waals surface area contributed by atoms with Crippen LogP contribution >= 0.6 is 23.2 Å². The molecule has 8 heteroatoms. The zero-order valence-electron chi connectivity index (χ0n) is 31.5. The maximum absolute atomic E-state index is 12.4. The number of hydrogen-bond acceptors (Lipinski definition) is 6. The van der Waals surface area contributed by atoms with E-state index in [1.807, 2.05) is 136 Å². The van der Waals surface area contributed by atoms with Crippen LogP contribution in [0.15, 0.2) is 144 Å². The third kappa shape index (κ3) is 11.9. The highest BCUT2D eigenvalue weighted by Gasteiger charge is 2.61. The number of benzene rings is 5. The molecule has 1 aliphatic carbocycles. The molecule has 0 amide bonds. The predicted octanol–water partition coefficient (Wildman–Crippen LogP) is 12.5. The van der Waals surface area contributed by atoms with E-state index >= 15 is 0 Å². The number of hydrogen-bond donors (Lipinski definition) is 0. The summed E-state index contributed by atoms with van der Waals surface area (Å²) in [5.74, 6) is 3.56. The second-order valence-electron chi connectivity index (χ2n) is 14.3. The van der Waals surface area contributed by atoms with Crippen molar-refractivity contribution in [3.63, 3.8) is 0 Å². The minimum Gasteiger partial charge on any atom is -0.494 e. The van der Waals surface area contributed by atoms with Crippen molar-refractivity contribution in [3.05, 3.63) is 161 Å². The maximum atomic E-state index is 12.4. The second kappa shape index (κ2) is 19.0. The van der Waals surface area contributed by atoms with Crippen LogP contribution < -0.4 is 14.2 Å². The molecule has 0 bridgehead atoms. The Morgan fingerprint density at radius 2 is 1.20 bits per heavy atom. The van der Waals surface area contributed by atoms with E-state index in [-0.39, 0.29) is 39.7 Å². The van der Waals surface area contributed by atoms with Crippen LogP contribution in [-0.2, 0) is 32.9 Å². The number of halogens is 2.